The number of nitrogens with two attached hydrogens (primary N) is 1. The Kier molecular flexibility index (Phi) is 6.31. The van der Waals surface area contributed by atoms with Crippen LogP contribution < -0.4 is 11.1 Å². The van der Waals surface area contributed by atoms with Gasteiger partial charge in [0.25, 0.3) is 0 Å². The van der Waals surface area contributed by atoms with E-state index in [0.717, 1.165) is 50.4 Å². The molecule has 4 N–H and O–H groups in total. The lowest BCUT2D eigenvalue weighted by molar-refractivity contribution is 1.47. The first-order chi connectivity index (χ1) is 20.2. The molecule has 3 heteroatoms. The maximum atomic E-state index is 6.31. The van der Waals surface area contributed by atoms with Gasteiger partial charge in [0.15, 0.2) is 0 Å². The van der Waals surface area contributed by atoms with Gasteiger partial charge in [-0.2, -0.15) is 0 Å². The summed E-state index contributed by atoms with van der Waals surface area (Å²) in [6, 6.07) is 50.9. The van der Waals surface area contributed by atoms with Crippen molar-refractivity contribution in [1.82, 2.24) is 4.98 Å². The molecule has 196 valence electrons. The average Bonchev–Trinajstić information content (AvgIpc) is 3.51. The second kappa shape index (κ2) is 10.6. The van der Waals surface area contributed by atoms with Crippen LogP contribution in [0.5, 0.6) is 0 Å². The van der Waals surface area contributed by atoms with Crippen molar-refractivity contribution in [3.63, 3.8) is 0 Å². The van der Waals surface area contributed by atoms with Gasteiger partial charge in [-0.15, -0.1) is 0 Å². The highest BCUT2D eigenvalue weighted by Crippen LogP contribution is 2.38. The van der Waals surface area contributed by atoms with Crippen LogP contribution in [0.1, 0.15) is 0 Å². The molecule has 0 fully saturated rings. The topological polar surface area (TPSA) is 53.8 Å². The maximum absolute atomic E-state index is 6.31. The van der Waals surface area contributed by atoms with Gasteiger partial charge in [-0.05, 0) is 64.2 Å². The molecule has 3 nitrogen and oxygen atoms in total. The Morgan fingerprint density at radius 2 is 1.12 bits per heavy atom. The van der Waals surface area contributed by atoms with E-state index in [4.69, 9.17) is 5.73 Å². The zero-order valence-electron chi connectivity index (χ0n) is 22.5. The Morgan fingerprint density at radius 3 is 1.90 bits per heavy atom. The molecule has 0 bridgehead atoms. The summed E-state index contributed by atoms with van der Waals surface area (Å²) in [4.78, 5) is 3.43. The zero-order chi connectivity index (χ0) is 27.6. The van der Waals surface area contributed by atoms with E-state index in [1.807, 2.05) is 24.4 Å². The normalized spacial score (nSPS) is 11.0. The van der Waals surface area contributed by atoms with Gasteiger partial charge >= 0.3 is 0 Å². The molecule has 1 aromatic heterocycles. The molecule has 0 saturated heterocycles. The van der Waals surface area contributed by atoms with E-state index in [-0.39, 0.29) is 0 Å². The zero-order valence-corrected chi connectivity index (χ0v) is 22.5. The number of aromatic amines is 1. The highest BCUT2D eigenvalue weighted by Gasteiger charge is 2.13. The fourth-order valence-corrected chi connectivity index (χ4v) is 5.57. The number of rotatable bonds is 6. The van der Waals surface area contributed by atoms with Crippen molar-refractivity contribution in [2.45, 2.75) is 0 Å². The van der Waals surface area contributed by atoms with E-state index in [1.165, 1.54) is 22.1 Å². The predicted octanol–water partition coefficient (Wildman–Crippen LogP) is 10.2. The standard InChI is InChI=1S/C38H29N3/c39-36-17-8-7-16-33(36)30-15-9-14-28(22-30)29-18-19-34(26-10-3-1-4-11-26)37(24-29)41-32-23-31-20-21-40-38(31)35(25-32)27-12-5-2-6-13-27/h1-25,40-41H,39H2. The van der Waals surface area contributed by atoms with Crippen LogP contribution in [0.2, 0.25) is 0 Å². The van der Waals surface area contributed by atoms with Crippen molar-refractivity contribution in [1.29, 1.82) is 0 Å². The Bertz CT molecular complexity index is 1970. The number of fused-ring (bicyclic) bond motifs is 1. The molecule has 0 atom stereocenters. The number of nitrogens with one attached hydrogen (secondary N) is 2. The second-order valence-electron chi connectivity index (χ2n) is 10.3. The number of H-pyrrole nitrogens is 1. The number of nitrogen functional groups attached to an aromatic ring is 1. The molecule has 6 aromatic carbocycles. The van der Waals surface area contributed by atoms with Crippen LogP contribution in [0.3, 0.4) is 0 Å². The summed E-state index contributed by atoms with van der Waals surface area (Å²) in [5, 5.41) is 4.96. The summed E-state index contributed by atoms with van der Waals surface area (Å²) in [6.45, 7) is 0. The molecule has 0 saturated carbocycles. The smallest absolute Gasteiger partial charge is 0.0535 e. The van der Waals surface area contributed by atoms with Crippen LogP contribution in [0.4, 0.5) is 17.1 Å². The molecular formula is C38H29N3. The highest BCUT2D eigenvalue weighted by molar-refractivity contribution is 5.98. The molecule has 0 radical (unpaired) electrons. The molecule has 0 aliphatic rings. The van der Waals surface area contributed by atoms with Crippen molar-refractivity contribution in [2.24, 2.45) is 0 Å². The van der Waals surface area contributed by atoms with Crippen LogP contribution in [-0.4, -0.2) is 4.98 Å². The second-order valence-corrected chi connectivity index (χ2v) is 10.3. The minimum atomic E-state index is 0.779. The molecule has 7 aromatic rings. The Morgan fingerprint density at radius 1 is 0.463 bits per heavy atom. The highest BCUT2D eigenvalue weighted by atomic mass is 14.9. The summed E-state index contributed by atoms with van der Waals surface area (Å²) < 4.78 is 0. The SMILES string of the molecule is Nc1ccccc1-c1cccc(-c2ccc(-c3ccccc3)c(Nc3cc(-c4ccccc4)c4[nH]ccc4c3)c2)c1. The van der Waals surface area contributed by atoms with Crippen LogP contribution in [0.25, 0.3) is 55.4 Å². The van der Waals surface area contributed by atoms with E-state index in [1.54, 1.807) is 0 Å². The van der Waals surface area contributed by atoms with Crippen LogP contribution >= 0.6 is 0 Å². The molecule has 0 spiro atoms. The molecule has 1 heterocycles. The molecule has 41 heavy (non-hydrogen) atoms. The van der Waals surface area contributed by atoms with E-state index < -0.39 is 0 Å². The number of para-hydroxylation sites is 1. The van der Waals surface area contributed by atoms with Gasteiger partial charge < -0.3 is 16.0 Å². The van der Waals surface area contributed by atoms with E-state index in [0.29, 0.717) is 0 Å². The Hall–Kier alpha value is -5.54. The third kappa shape index (κ3) is 4.86. The van der Waals surface area contributed by atoms with Crippen molar-refractivity contribution >= 4 is 28.0 Å². The number of anilines is 3. The lowest BCUT2D eigenvalue weighted by Crippen LogP contribution is -1.96. The van der Waals surface area contributed by atoms with Crippen LogP contribution in [-0.2, 0) is 0 Å². The first-order valence-electron chi connectivity index (χ1n) is 13.8. The van der Waals surface area contributed by atoms with Gasteiger partial charge in [-0.3, -0.25) is 0 Å². The van der Waals surface area contributed by atoms with Crippen LogP contribution in [0.15, 0.2) is 152 Å². The summed E-state index contributed by atoms with van der Waals surface area (Å²) in [5.41, 5.74) is 19.4. The minimum absolute atomic E-state index is 0.779. The van der Waals surface area contributed by atoms with Crippen molar-refractivity contribution in [3.8, 4) is 44.5 Å². The summed E-state index contributed by atoms with van der Waals surface area (Å²) in [5.74, 6) is 0. The minimum Gasteiger partial charge on any atom is -0.398 e. The molecule has 0 aliphatic heterocycles. The van der Waals surface area contributed by atoms with Crippen LogP contribution in [0, 0.1) is 0 Å². The van der Waals surface area contributed by atoms with Gasteiger partial charge in [0.05, 0.1) is 5.52 Å². The quantitative estimate of drug-likeness (QED) is 0.188. The number of aromatic nitrogens is 1. The molecule has 0 aliphatic carbocycles. The summed E-state index contributed by atoms with van der Waals surface area (Å²) in [6.07, 6.45) is 2.00. The fraction of sp³-hybridized carbons (Fsp3) is 0. The Balaban J connectivity index is 1.34. The molecule has 0 amide bonds. The molecule has 0 unspecified atom stereocenters. The van der Waals surface area contributed by atoms with Gasteiger partial charge in [0, 0.05) is 45.3 Å². The lowest BCUT2D eigenvalue weighted by Gasteiger charge is -2.17. The summed E-state index contributed by atoms with van der Waals surface area (Å²) >= 11 is 0. The predicted molar refractivity (Wildman–Crippen MR) is 174 cm³/mol. The monoisotopic (exact) mass is 527 g/mol. The van der Waals surface area contributed by atoms with Crippen molar-refractivity contribution in [3.05, 3.63) is 152 Å². The fourth-order valence-electron chi connectivity index (χ4n) is 5.57. The first kappa shape index (κ1) is 24.5. The number of benzene rings is 6. The average molecular weight is 528 g/mol. The molecular weight excluding hydrogens is 498 g/mol. The van der Waals surface area contributed by atoms with Gasteiger partial charge in [0.1, 0.15) is 0 Å². The Labute approximate surface area is 239 Å². The summed E-state index contributed by atoms with van der Waals surface area (Å²) in [7, 11) is 0. The third-order valence-corrected chi connectivity index (χ3v) is 7.60. The van der Waals surface area contributed by atoms with E-state index in [2.05, 4.69) is 138 Å². The third-order valence-electron chi connectivity index (χ3n) is 7.60. The lowest BCUT2D eigenvalue weighted by atomic mass is 9.95. The van der Waals surface area contributed by atoms with Gasteiger partial charge in [0.2, 0.25) is 0 Å². The number of hydrogen-bond acceptors (Lipinski definition) is 2. The van der Waals surface area contributed by atoms with Crippen molar-refractivity contribution in [2.75, 3.05) is 11.1 Å². The number of hydrogen-bond donors (Lipinski definition) is 3. The largest absolute Gasteiger partial charge is 0.398 e. The molecule has 7 rings (SSSR count). The van der Waals surface area contributed by atoms with E-state index >= 15 is 0 Å². The van der Waals surface area contributed by atoms with Gasteiger partial charge in [-0.1, -0.05) is 109 Å². The van der Waals surface area contributed by atoms with Gasteiger partial charge in [-0.25, -0.2) is 0 Å². The van der Waals surface area contributed by atoms with E-state index in [9.17, 15) is 0 Å². The first-order valence-corrected chi connectivity index (χ1v) is 13.8. The van der Waals surface area contributed by atoms with Crippen molar-refractivity contribution < 1.29 is 0 Å². The maximum Gasteiger partial charge on any atom is 0.0535 e.